The molecule has 0 bridgehead atoms. The van der Waals surface area contributed by atoms with E-state index in [-0.39, 0.29) is 16.8 Å². The number of benzene rings is 1. The summed E-state index contributed by atoms with van der Waals surface area (Å²) in [4.78, 5) is 10.6. The second kappa shape index (κ2) is 4.64. The first-order chi connectivity index (χ1) is 7.71. The number of carbonyl (C=O) groups excluding carboxylic acids is 1. The van der Waals surface area contributed by atoms with Gasteiger partial charge in [-0.3, -0.25) is 4.79 Å². The summed E-state index contributed by atoms with van der Waals surface area (Å²) in [6.07, 6.45) is -5.01. The van der Waals surface area contributed by atoms with Gasteiger partial charge in [0.05, 0.1) is 0 Å². The van der Waals surface area contributed by atoms with E-state index in [9.17, 15) is 18.0 Å². The minimum absolute atomic E-state index is 0.00925. The largest absolute Gasteiger partial charge is 0.490 e. The quantitative estimate of drug-likeness (QED) is 0.417. The highest BCUT2D eigenvalue weighted by molar-refractivity contribution is 6.60. The van der Waals surface area contributed by atoms with Crippen molar-refractivity contribution in [3.05, 3.63) is 18.2 Å². The standard InChI is InChI=1S/C8H8BF3N2O3/c10-8(11,12)7(15)14-4-1-2-6(13)5(3-4)9(16)17/h1-3,16-17H,13H2,(H,14,15). The van der Waals surface area contributed by atoms with Crippen LogP contribution >= 0.6 is 0 Å². The van der Waals surface area contributed by atoms with Crippen LogP contribution in [-0.2, 0) is 4.79 Å². The number of nitrogens with one attached hydrogen (secondary N) is 1. The molecule has 0 radical (unpaired) electrons. The zero-order valence-electron chi connectivity index (χ0n) is 8.32. The molecule has 1 aromatic rings. The van der Waals surface area contributed by atoms with Crippen LogP contribution < -0.4 is 16.5 Å². The van der Waals surface area contributed by atoms with Crippen molar-refractivity contribution < 1.29 is 28.0 Å². The summed E-state index contributed by atoms with van der Waals surface area (Å²) in [5.74, 6) is -2.15. The van der Waals surface area contributed by atoms with Crippen LogP contribution in [0.15, 0.2) is 18.2 Å². The van der Waals surface area contributed by atoms with E-state index in [0.717, 1.165) is 18.2 Å². The van der Waals surface area contributed by atoms with E-state index in [4.69, 9.17) is 15.8 Å². The number of hydrogen-bond acceptors (Lipinski definition) is 4. The molecule has 92 valence electrons. The summed E-state index contributed by atoms with van der Waals surface area (Å²) in [6, 6.07) is 3.22. The van der Waals surface area contributed by atoms with Crippen LogP contribution in [0.3, 0.4) is 0 Å². The highest BCUT2D eigenvalue weighted by Gasteiger charge is 2.38. The van der Waals surface area contributed by atoms with Crippen molar-refractivity contribution in [3.8, 4) is 0 Å². The minimum atomic E-state index is -5.01. The summed E-state index contributed by atoms with van der Waals surface area (Å²) in [5, 5.41) is 19.3. The lowest BCUT2D eigenvalue weighted by Gasteiger charge is -2.10. The molecule has 1 amide bonds. The Hall–Kier alpha value is -1.74. The van der Waals surface area contributed by atoms with Gasteiger partial charge < -0.3 is 21.1 Å². The van der Waals surface area contributed by atoms with Crippen LogP contribution in [0, 0.1) is 0 Å². The lowest BCUT2D eigenvalue weighted by molar-refractivity contribution is -0.167. The van der Waals surface area contributed by atoms with Crippen LogP contribution in [0.5, 0.6) is 0 Å². The van der Waals surface area contributed by atoms with Gasteiger partial charge in [-0.1, -0.05) is 0 Å². The van der Waals surface area contributed by atoms with E-state index in [1.165, 1.54) is 0 Å². The first-order valence-electron chi connectivity index (χ1n) is 4.35. The van der Waals surface area contributed by atoms with Gasteiger partial charge >= 0.3 is 19.2 Å². The van der Waals surface area contributed by atoms with Crippen molar-refractivity contribution in [1.29, 1.82) is 0 Å². The van der Waals surface area contributed by atoms with Crippen molar-refractivity contribution >= 4 is 29.9 Å². The molecule has 0 heterocycles. The molecular formula is C8H8BF3N2O3. The molecule has 0 aliphatic carbocycles. The van der Waals surface area contributed by atoms with E-state index in [0.29, 0.717) is 0 Å². The molecule has 0 saturated heterocycles. The molecule has 0 aliphatic rings. The van der Waals surface area contributed by atoms with Crippen molar-refractivity contribution in [1.82, 2.24) is 0 Å². The van der Waals surface area contributed by atoms with Gasteiger partial charge in [-0.2, -0.15) is 13.2 Å². The van der Waals surface area contributed by atoms with Gasteiger partial charge in [-0.25, -0.2) is 0 Å². The van der Waals surface area contributed by atoms with Gasteiger partial charge in [-0.05, 0) is 18.2 Å². The summed E-state index contributed by atoms with van der Waals surface area (Å²) in [5.41, 5.74) is 4.92. The van der Waals surface area contributed by atoms with Gasteiger partial charge in [0, 0.05) is 16.8 Å². The van der Waals surface area contributed by atoms with E-state index >= 15 is 0 Å². The van der Waals surface area contributed by atoms with Gasteiger partial charge in [0.15, 0.2) is 0 Å². The van der Waals surface area contributed by atoms with E-state index in [1.807, 2.05) is 0 Å². The molecule has 0 fully saturated rings. The molecular weight excluding hydrogens is 240 g/mol. The molecule has 1 aromatic carbocycles. The van der Waals surface area contributed by atoms with Crippen molar-refractivity contribution in [2.75, 3.05) is 11.1 Å². The normalized spacial score (nSPS) is 11.1. The number of amides is 1. The number of hydrogen-bond donors (Lipinski definition) is 4. The second-order valence-electron chi connectivity index (χ2n) is 3.17. The number of rotatable bonds is 2. The maximum Gasteiger partial charge on any atom is 0.490 e. The topological polar surface area (TPSA) is 95.6 Å². The Morgan fingerprint density at radius 2 is 1.94 bits per heavy atom. The van der Waals surface area contributed by atoms with Crippen LogP contribution in [0.25, 0.3) is 0 Å². The van der Waals surface area contributed by atoms with Crippen LogP contribution in [-0.4, -0.2) is 29.2 Å². The monoisotopic (exact) mass is 248 g/mol. The zero-order chi connectivity index (χ0) is 13.2. The second-order valence-corrected chi connectivity index (χ2v) is 3.17. The summed E-state index contributed by atoms with van der Waals surface area (Å²) < 4.78 is 35.8. The van der Waals surface area contributed by atoms with Crippen LogP contribution in [0.2, 0.25) is 0 Å². The van der Waals surface area contributed by atoms with Gasteiger partial charge in [0.1, 0.15) is 0 Å². The van der Waals surface area contributed by atoms with Gasteiger partial charge in [-0.15, -0.1) is 0 Å². The molecule has 0 atom stereocenters. The first-order valence-corrected chi connectivity index (χ1v) is 4.35. The molecule has 0 aromatic heterocycles. The molecule has 0 spiro atoms. The first kappa shape index (κ1) is 13.3. The maximum absolute atomic E-state index is 11.9. The molecule has 9 heteroatoms. The number of anilines is 2. The number of nitrogens with two attached hydrogens (primary N) is 1. The fourth-order valence-electron chi connectivity index (χ4n) is 1.08. The highest BCUT2D eigenvalue weighted by atomic mass is 19.4. The fraction of sp³-hybridized carbons (Fsp3) is 0.125. The van der Waals surface area contributed by atoms with E-state index in [2.05, 4.69) is 0 Å². The molecule has 0 saturated carbocycles. The Morgan fingerprint density at radius 3 is 2.41 bits per heavy atom. The molecule has 5 N–H and O–H groups in total. The number of alkyl halides is 3. The van der Waals surface area contributed by atoms with Crippen LogP contribution in [0.1, 0.15) is 0 Å². The number of halogens is 3. The van der Waals surface area contributed by atoms with Crippen molar-refractivity contribution in [3.63, 3.8) is 0 Å². The maximum atomic E-state index is 11.9. The van der Waals surface area contributed by atoms with Crippen LogP contribution in [0.4, 0.5) is 24.5 Å². The Balaban J connectivity index is 2.94. The van der Waals surface area contributed by atoms with E-state index < -0.39 is 19.2 Å². The fourth-order valence-corrected chi connectivity index (χ4v) is 1.08. The molecule has 17 heavy (non-hydrogen) atoms. The SMILES string of the molecule is Nc1ccc(NC(=O)C(F)(F)F)cc1B(O)O. The zero-order valence-corrected chi connectivity index (χ0v) is 8.32. The Bertz CT molecular complexity index is 437. The highest BCUT2D eigenvalue weighted by Crippen LogP contribution is 2.18. The predicted molar refractivity (Wildman–Crippen MR) is 55.4 cm³/mol. The van der Waals surface area contributed by atoms with Gasteiger partial charge in [0.2, 0.25) is 0 Å². The Morgan fingerprint density at radius 1 is 1.35 bits per heavy atom. The third kappa shape index (κ3) is 3.36. The third-order valence-electron chi connectivity index (χ3n) is 1.88. The molecule has 0 aliphatic heterocycles. The average molecular weight is 248 g/mol. The molecule has 5 nitrogen and oxygen atoms in total. The Labute approximate surface area is 94.2 Å². The Kier molecular flexibility index (Phi) is 3.64. The summed E-state index contributed by atoms with van der Waals surface area (Å²) in [7, 11) is -1.93. The third-order valence-corrected chi connectivity index (χ3v) is 1.88. The molecule has 0 unspecified atom stereocenters. The molecule has 1 rings (SSSR count). The number of nitrogen functional groups attached to an aromatic ring is 1. The summed E-state index contributed by atoms with van der Waals surface area (Å²) >= 11 is 0. The van der Waals surface area contributed by atoms with Crippen molar-refractivity contribution in [2.24, 2.45) is 0 Å². The lowest BCUT2D eigenvalue weighted by atomic mass is 9.79. The smallest absolute Gasteiger partial charge is 0.423 e. The minimum Gasteiger partial charge on any atom is -0.423 e. The predicted octanol–water partition coefficient (Wildman–Crippen LogP) is -0.551. The van der Waals surface area contributed by atoms with Crippen molar-refractivity contribution in [2.45, 2.75) is 6.18 Å². The lowest BCUT2D eigenvalue weighted by Crippen LogP contribution is -2.34. The number of carbonyl (C=O) groups is 1. The van der Waals surface area contributed by atoms with Gasteiger partial charge in [0.25, 0.3) is 0 Å². The average Bonchev–Trinajstić information content (AvgIpc) is 2.19. The van der Waals surface area contributed by atoms with E-state index in [1.54, 1.807) is 5.32 Å². The summed E-state index contributed by atoms with van der Waals surface area (Å²) in [6.45, 7) is 0.